The number of furan rings is 1. The summed E-state index contributed by atoms with van der Waals surface area (Å²) in [5, 5.41) is 3.41. The van der Waals surface area contributed by atoms with E-state index < -0.39 is 0 Å². The molecule has 3 rings (SSSR count). The molecule has 0 aliphatic carbocycles. The molecule has 0 saturated carbocycles. The van der Waals surface area contributed by atoms with Crippen LogP contribution in [0.4, 0.5) is 5.69 Å². The zero-order chi connectivity index (χ0) is 20.1. The molecular weight excluding hydrogens is 376 g/mol. The average molecular weight is 397 g/mol. The molecule has 1 N–H and O–H groups in total. The number of carbonyl (C=O) groups is 2. The van der Waals surface area contributed by atoms with Gasteiger partial charge in [-0.1, -0.05) is 11.6 Å². The van der Waals surface area contributed by atoms with Crippen LogP contribution in [0.1, 0.15) is 34.8 Å². The molecule has 0 radical (unpaired) electrons. The summed E-state index contributed by atoms with van der Waals surface area (Å²) in [7, 11) is 0. The molecule has 0 aliphatic rings. The van der Waals surface area contributed by atoms with Crippen LogP contribution >= 0.6 is 11.6 Å². The maximum absolute atomic E-state index is 12.4. The minimum Gasteiger partial charge on any atom is -0.451 e. The van der Waals surface area contributed by atoms with Crippen molar-refractivity contribution in [2.24, 2.45) is 0 Å². The molecule has 6 heteroatoms. The number of hydrogen-bond acceptors (Lipinski definition) is 3. The summed E-state index contributed by atoms with van der Waals surface area (Å²) in [6, 6.07) is 17.4. The number of anilines is 1. The van der Waals surface area contributed by atoms with Gasteiger partial charge in [0.2, 0.25) is 0 Å². The predicted molar refractivity (Wildman–Crippen MR) is 111 cm³/mol. The maximum atomic E-state index is 12.4. The van der Waals surface area contributed by atoms with Crippen molar-refractivity contribution in [2.75, 3.05) is 18.4 Å². The molecule has 0 spiro atoms. The highest BCUT2D eigenvalue weighted by atomic mass is 35.5. The SMILES string of the molecule is CCN(CC)C(=O)c1ccc(NC(=O)c2ccc(-c3ccc(Cl)cc3)o2)cc1. The number of nitrogens with zero attached hydrogens (tertiary/aromatic N) is 1. The maximum Gasteiger partial charge on any atom is 0.291 e. The van der Waals surface area contributed by atoms with E-state index in [2.05, 4.69) is 5.32 Å². The monoisotopic (exact) mass is 396 g/mol. The first-order chi connectivity index (χ1) is 13.5. The Bertz CT molecular complexity index is 958. The number of rotatable bonds is 6. The Morgan fingerprint density at radius 2 is 1.57 bits per heavy atom. The van der Waals surface area contributed by atoms with Gasteiger partial charge < -0.3 is 14.6 Å². The minimum atomic E-state index is -0.358. The molecule has 0 saturated heterocycles. The lowest BCUT2D eigenvalue weighted by atomic mass is 10.1. The molecule has 1 aromatic heterocycles. The first kappa shape index (κ1) is 19.7. The second kappa shape index (κ2) is 8.76. The summed E-state index contributed by atoms with van der Waals surface area (Å²) in [4.78, 5) is 26.5. The number of hydrogen-bond donors (Lipinski definition) is 1. The highest BCUT2D eigenvalue weighted by Crippen LogP contribution is 2.24. The number of carbonyl (C=O) groups excluding carboxylic acids is 2. The van der Waals surface area contributed by atoms with Crippen LogP contribution in [0.5, 0.6) is 0 Å². The Kier molecular flexibility index (Phi) is 6.16. The smallest absolute Gasteiger partial charge is 0.291 e. The van der Waals surface area contributed by atoms with Crippen molar-refractivity contribution < 1.29 is 14.0 Å². The zero-order valence-electron chi connectivity index (χ0n) is 15.7. The summed E-state index contributed by atoms with van der Waals surface area (Å²) >= 11 is 5.89. The lowest BCUT2D eigenvalue weighted by molar-refractivity contribution is 0.0773. The molecule has 3 aromatic rings. The molecule has 28 heavy (non-hydrogen) atoms. The molecule has 0 fully saturated rings. The minimum absolute atomic E-state index is 0.0264. The van der Waals surface area contributed by atoms with Gasteiger partial charge in [0.05, 0.1) is 0 Å². The van der Waals surface area contributed by atoms with E-state index in [0.29, 0.717) is 35.1 Å². The molecule has 0 bridgehead atoms. The second-order valence-electron chi connectivity index (χ2n) is 6.18. The van der Waals surface area contributed by atoms with E-state index in [0.717, 1.165) is 5.56 Å². The van der Waals surface area contributed by atoms with Gasteiger partial charge in [0.15, 0.2) is 5.76 Å². The van der Waals surface area contributed by atoms with Crippen LogP contribution in [0.2, 0.25) is 5.02 Å². The van der Waals surface area contributed by atoms with Gasteiger partial charge in [-0.25, -0.2) is 0 Å². The van der Waals surface area contributed by atoms with Gasteiger partial charge in [0.25, 0.3) is 11.8 Å². The van der Waals surface area contributed by atoms with Crippen LogP contribution in [0.15, 0.2) is 65.1 Å². The Labute approximate surface area is 168 Å². The van der Waals surface area contributed by atoms with Crippen molar-refractivity contribution in [3.63, 3.8) is 0 Å². The van der Waals surface area contributed by atoms with E-state index in [1.807, 2.05) is 26.0 Å². The summed E-state index contributed by atoms with van der Waals surface area (Å²) in [6.07, 6.45) is 0. The van der Waals surface area contributed by atoms with Crippen LogP contribution in [0.3, 0.4) is 0 Å². The third-order valence-electron chi connectivity index (χ3n) is 4.40. The number of nitrogens with one attached hydrogen (secondary N) is 1. The zero-order valence-corrected chi connectivity index (χ0v) is 16.5. The summed E-state index contributed by atoms with van der Waals surface area (Å²) < 4.78 is 5.65. The van der Waals surface area contributed by atoms with Crippen molar-refractivity contribution in [1.82, 2.24) is 4.90 Å². The highest BCUT2D eigenvalue weighted by molar-refractivity contribution is 6.30. The van der Waals surface area contributed by atoms with Gasteiger partial charge in [0.1, 0.15) is 5.76 Å². The van der Waals surface area contributed by atoms with Crippen molar-refractivity contribution in [3.8, 4) is 11.3 Å². The van der Waals surface area contributed by atoms with E-state index in [9.17, 15) is 9.59 Å². The molecule has 0 unspecified atom stereocenters. The Morgan fingerprint density at radius 1 is 0.929 bits per heavy atom. The molecule has 0 aliphatic heterocycles. The molecule has 144 valence electrons. The van der Waals surface area contributed by atoms with Gasteiger partial charge in [0, 0.05) is 34.9 Å². The Morgan fingerprint density at radius 3 is 2.18 bits per heavy atom. The molecular formula is C22H21ClN2O3. The number of halogens is 1. The van der Waals surface area contributed by atoms with E-state index >= 15 is 0 Å². The standard InChI is InChI=1S/C22H21ClN2O3/c1-3-25(4-2)22(27)16-7-11-18(12-8-16)24-21(26)20-14-13-19(28-20)15-5-9-17(23)10-6-15/h5-14H,3-4H2,1-2H3,(H,24,26). The van der Waals surface area contributed by atoms with Crippen molar-refractivity contribution >= 4 is 29.1 Å². The van der Waals surface area contributed by atoms with Gasteiger partial charge in [-0.05, 0) is 74.5 Å². The van der Waals surface area contributed by atoms with Crippen LogP contribution in [-0.4, -0.2) is 29.8 Å². The van der Waals surface area contributed by atoms with E-state index in [1.165, 1.54) is 0 Å². The van der Waals surface area contributed by atoms with Gasteiger partial charge in [-0.15, -0.1) is 0 Å². The fourth-order valence-corrected chi connectivity index (χ4v) is 2.94. The lowest BCUT2D eigenvalue weighted by Crippen LogP contribution is -2.30. The highest BCUT2D eigenvalue weighted by Gasteiger charge is 2.15. The van der Waals surface area contributed by atoms with Gasteiger partial charge in [-0.3, -0.25) is 9.59 Å². The normalized spacial score (nSPS) is 10.5. The van der Waals surface area contributed by atoms with Crippen LogP contribution in [-0.2, 0) is 0 Å². The molecule has 2 aromatic carbocycles. The number of amides is 2. The van der Waals surface area contributed by atoms with Crippen LogP contribution in [0.25, 0.3) is 11.3 Å². The van der Waals surface area contributed by atoms with Gasteiger partial charge >= 0.3 is 0 Å². The third-order valence-corrected chi connectivity index (χ3v) is 4.65. The third kappa shape index (κ3) is 4.43. The molecule has 5 nitrogen and oxygen atoms in total. The topological polar surface area (TPSA) is 62.6 Å². The fraction of sp³-hybridized carbons (Fsp3) is 0.182. The van der Waals surface area contributed by atoms with Crippen molar-refractivity contribution in [3.05, 3.63) is 77.0 Å². The predicted octanol–water partition coefficient (Wildman–Crippen LogP) is 5.33. The van der Waals surface area contributed by atoms with Gasteiger partial charge in [-0.2, -0.15) is 0 Å². The lowest BCUT2D eigenvalue weighted by Gasteiger charge is -2.18. The van der Waals surface area contributed by atoms with Crippen molar-refractivity contribution in [2.45, 2.75) is 13.8 Å². The second-order valence-corrected chi connectivity index (χ2v) is 6.62. The Balaban J connectivity index is 1.68. The van der Waals surface area contributed by atoms with E-state index in [4.69, 9.17) is 16.0 Å². The Hall–Kier alpha value is -3.05. The fourth-order valence-electron chi connectivity index (χ4n) is 2.81. The van der Waals surface area contributed by atoms with Crippen molar-refractivity contribution in [1.29, 1.82) is 0 Å². The molecule has 0 atom stereocenters. The summed E-state index contributed by atoms with van der Waals surface area (Å²) in [5.74, 6) is 0.403. The first-order valence-corrected chi connectivity index (χ1v) is 9.46. The summed E-state index contributed by atoms with van der Waals surface area (Å²) in [6.45, 7) is 5.19. The quantitative estimate of drug-likeness (QED) is 0.612. The molecule has 2 amide bonds. The number of benzene rings is 2. The van der Waals surface area contributed by atoms with Crippen LogP contribution in [0, 0.1) is 0 Å². The summed E-state index contributed by atoms with van der Waals surface area (Å²) in [5.41, 5.74) is 2.01. The first-order valence-electron chi connectivity index (χ1n) is 9.08. The average Bonchev–Trinajstić information content (AvgIpc) is 3.20. The molecule has 1 heterocycles. The largest absolute Gasteiger partial charge is 0.451 e. The van der Waals surface area contributed by atoms with Crippen LogP contribution < -0.4 is 5.32 Å². The van der Waals surface area contributed by atoms with E-state index in [1.54, 1.807) is 53.4 Å². The van der Waals surface area contributed by atoms with E-state index in [-0.39, 0.29) is 17.6 Å².